The number of hydrogen-bond acceptors (Lipinski definition) is 7. The standard InChI is InChI=1S/C23H38O7/c1-13-12-15(28-14(2)24)16-20(3,4)8-7-9-21(16,5)23(13)11-10-22(26)17(25)18(27-6)29-19(22)30-23/h13,15-19,25-26H,7-12H2,1-6H3/t13-,15-,16-,17-,18-,19+,21+,22-,23-/m1/s1. The maximum absolute atomic E-state index is 11.9. The number of esters is 1. The van der Waals surface area contributed by atoms with Crippen LogP contribution in [-0.4, -0.2) is 59.3 Å². The molecule has 2 saturated heterocycles. The molecular weight excluding hydrogens is 388 g/mol. The first-order valence-electron chi connectivity index (χ1n) is 11.3. The third kappa shape index (κ3) is 2.92. The van der Waals surface area contributed by atoms with E-state index in [1.165, 1.54) is 14.0 Å². The highest BCUT2D eigenvalue weighted by Gasteiger charge is 2.71. The molecule has 7 nitrogen and oxygen atoms in total. The maximum atomic E-state index is 11.9. The zero-order valence-corrected chi connectivity index (χ0v) is 19.1. The smallest absolute Gasteiger partial charge is 0.302 e. The lowest BCUT2D eigenvalue weighted by Gasteiger charge is -2.68. The summed E-state index contributed by atoms with van der Waals surface area (Å²) in [6.45, 7) is 10.5. The minimum absolute atomic E-state index is 0.0114. The summed E-state index contributed by atoms with van der Waals surface area (Å²) in [7, 11) is 1.46. The fourth-order valence-electron chi connectivity index (χ4n) is 7.73. The van der Waals surface area contributed by atoms with E-state index in [2.05, 4.69) is 27.7 Å². The second kappa shape index (κ2) is 7.14. The summed E-state index contributed by atoms with van der Waals surface area (Å²) in [6, 6.07) is 0. The Morgan fingerprint density at radius 3 is 2.47 bits per heavy atom. The van der Waals surface area contributed by atoms with E-state index in [1.807, 2.05) is 0 Å². The number of aliphatic hydroxyl groups excluding tert-OH is 1. The molecule has 1 spiro atoms. The summed E-state index contributed by atoms with van der Waals surface area (Å²) in [5.74, 6) is -0.00512. The lowest BCUT2D eigenvalue weighted by atomic mass is 9.42. The molecule has 2 saturated carbocycles. The minimum Gasteiger partial charge on any atom is -0.462 e. The summed E-state index contributed by atoms with van der Waals surface area (Å²) in [5, 5.41) is 21.8. The zero-order valence-electron chi connectivity index (χ0n) is 19.1. The van der Waals surface area contributed by atoms with Crippen molar-refractivity contribution in [3.8, 4) is 0 Å². The van der Waals surface area contributed by atoms with Gasteiger partial charge in [0.05, 0.1) is 5.60 Å². The van der Waals surface area contributed by atoms with E-state index in [9.17, 15) is 15.0 Å². The Morgan fingerprint density at radius 2 is 1.83 bits per heavy atom. The maximum Gasteiger partial charge on any atom is 0.302 e. The Kier molecular flexibility index (Phi) is 5.34. The van der Waals surface area contributed by atoms with E-state index < -0.39 is 29.9 Å². The van der Waals surface area contributed by atoms with Gasteiger partial charge in [0.25, 0.3) is 0 Å². The van der Waals surface area contributed by atoms with E-state index in [0.29, 0.717) is 19.3 Å². The molecule has 0 aromatic carbocycles. The molecule has 172 valence electrons. The normalized spacial score (nSPS) is 52.5. The second-order valence-electron chi connectivity index (χ2n) is 11.0. The van der Waals surface area contributed by atoms with Crippen LogP contribution in [0.15, 0.2) is 0 Å². The Morgan fingerprint density at radius 1 is 1.13 bits per heavy atom. The van der Waals surface area contributed by atoms with E-state index in [1.54, 1.807) is 0 Å². The Hall–Kier alpha value is -0.730. The van der Waals surface area contributed by atoms with Gasteiger partial charge >= 0.3 is 5.97 Å². The number of methoxy groups -OCH3 is 1. The van der Waals surface area contributed by atoms with Gasteiger partial charge in [-0.25, -0.2) is 0 Å². The molecule has 7 heteroatoms. The molecule has 0 radical (unpaired) electrons. The summed E-state index contributed by atoms with van der Waals surface area (Å²) in [5.41, 5.74) is -2.28. The first-order valence-corrected chi connectivity index (χ1v) is 11.3. The van der Waals surface area contributed by atoms with Crippen LogP contribution >= 0.6 is 0 Å². The molecule has 0 aromatic rings. The summed E-state index contributed by atoms with van der Waals surface area (Å²) in [6.07, 6.45) is 1.66. The van der Waals surface area contributed by atoms with Crippen LogP contribution in [0.5, 0.6) is 0 Å². The highest BCUT2D eigenvalue weighted by Crippen LogP contribution is 2.67. The first kappa shape index (κ1) is 22.5. The highest BCUT2D eigenvalue weighted by atomic mass is 16.8. The lowest BCUT2D eigenvalue weighted by Crippen LogP contribution is -2.71. The first-order chi connectivity index (χ1) is 13.9. The van der Waals surface area contributed by atoms with Crippen LogP contribution in [0.25, 0.3) is 0 Å². The Balaban J connectivity index is 1.74. The van der Waals surface area contributed by atoms with Crippen molar-refractivity contribution >= 4 is 5.97 Å². The zero-order chi connectivity index (χ0) is 22.1. The van der Waals surface area contributed by atoms with Gasteiger partial charge in [-0.05, 0) is 43.4 Å². The van der Waals surface area contributed by atoms with Crippen LogP contribution in [0, 0.1) is 22.7 Å². The van der Waals surface area contributed by atoms with E-state index >= 15 is 0 Å². The third-order valence-corrected chi connectivity index (χ3v) is 8.97. The molecule has 0 amide bonds. The molecular formula is C23H38O7. The Bertz CT molecular complexity index is 695. The van der Waals surface area contributed by atoms with Gasteiger partial charge in [0, 0.05) is 25.4 Å². The van der Waals surface area contributed by atoms with Crippen molar-refractivity contribution in [2.24, 2.45) is 22.7 Å². The lowest BCUT2D eigenvalue weighted by molar-refractivity contribution is -0.362. The van der Waals surface area contributed by atoms with Crippen LogP contribution in [0.3, 0.4) is 0 Å². The van der Waals surface area contributed by atoms with Gasteiger partial charge in [-0.1, -0.05) is 34.1 Å². The summed E-state index contributed by atoms with van der Waals surface area (Å²) < 4.78 is 23.7. The second-order valence-corrected chi connectivity index (χ2v) is 11.0. The average Bonchev–Trinajstić information content (AvgIpc) is 2.89. The SMILES string of the molecule is CO[C@@H]1O[C@H]2O[C@]3(CC[C@@]2(O)[C@@H]1O)[C@H](C)C[C@@H](OC(C)=O)[C@@H]1C(C)(C)CCC[C@@]13C. The van der Waals surface area contributed by atoms with Gasteiger partial charge < -0.3 is 29.2 Å². The predicted molar refractivity (Wildman–Crippen MR) is 108 cm³/mol. The molecule has 0 unspecified atom stereocenters. The molecule has 4 rings (SSSR count). The van der Waals surface area contributed by atoms with Crippen LogP contribution in [0.4, 0.5) is 0 Å². The number of ether oxygens (including phenoxy) is 4. The van der Waals surface area contributed by atoms with Crippen molar-refractivity contribution in [2.75, 3.05) is 7.11 Å². The monoisotopic (exact) mass is 426 g/mol. The van der Waals surface area contributed by atoms with Crippen LogP contribution < -0.4 is 0 Å². The van der Waals surface area contributed by atoms with Crippen molar-refractivity contribution < 1.29 is 34.0 Å². The molecule has 4 fully saturated rings. The molecule has 2 aliphatic heterocycles. The predicted octanol–water partition coefficient (Wildman–Crippen LogP) is 2.76. The average molecular weight is 427 g/mol. The summed E-state index contributed by atoms with van der Waals surface area (Å²) in [4.78, 5) is 11.9. The quantitative estimate of drug-likeness (QED) is 0.656. The van der Waals surface area contributed by atoms with Gasteiger partial charge in [-0.3, -0.25) is 4.79 Å². The van der Waals surface area contributed by atoms with Crippen molar-refractivity contribution in [3.05, 3.63) is 0 Å². The van der Waals surface area contributed by atoms with Crippen LogP contribution in [-0.2, 0) is 23.7 Å². The minimum atomic E-state index is -1.48. The van der Waals surface area contributed by atoms with E-state index in [-0.39, 0.29) is 34.7 Å². The number of fused-ring (bicyclic) bond motifs is 3. The van der Waals surface area contributed by atoms with Gasteiger partial charge in [0.2, 0.25) is 0 Å². The molecule has 9 atom stereocenters. The highest BCUT2D eigenvalue weighted by molar-refractivity contribution is 5.66. The summed E-state index contributed by atoms with van der Waals surface area (Å²) >= 11 is 0. The fourth-order valence-corrected chi connectivity index (χ4v) is 7.73. The number of carbonyl (C=O) groups excluding carboxylic acids is 1. The number of hydrogen-bond donors (Lipinski definition) is 2. The molecule has 2 heterocycles. The largest absolute Gasteiger partial charge is 0.462 e. The van der Waals surface area contributed by atoms with Crippen molar-refractivity contribution in [3.63, 3.8) is 0 Å². The molecule has 2 aliphatic carbocycles. The van der Waals surface area contributed by atoms with Gasteiger partial charge in [0.15, 0.2) is 12.6 Å². The van der Waals surface area contributed by atoms with E-state index in [0.717, 1.165) is 19.3 Å². The van der Waals surface area contributed by atoms with Crippen LogP contribution in [0.2, 0.25) is 0 Å². The molecule has 0 aromatic heterocycles. The molecule has 2 N–H and O–H groups in total. The topological polar surface area (TPSA) is 94.5 Å². The van der Waals surface area contributed by atoms with Crippen molar-refractivity contribution in [2.45, 2.75) is 109 Å². The fraction of sp³-hybridized carbons (Fsp3) is 0.957. The van der Waals surface area contributed by atoms with Crippen LogP contribution in [0.1, 0.15) is 73.1 Å². The third-order valence-electron chi connectivity index (χ3n) is 8.97. The van der Waals surface area contributed by atoms with Gasteiger partial charge in [-0.15, -0.1) is 0 Å². The number of carbonyl (C=O) groups is 1. The molecule has 0 bridgehead atoms. The van der Waals surface area contributed by atoms with Crippen molar-refractivity contribution in [1.29, 1.82) is 0 Å². The van der Waals surface area contributed by atoms with Gasteiger partial charge in [0.1, 0.15) is 17.8 Å². The Labute approximate surface area is 179 Å². The molecule has 30 heavy (non-hydrogen) atoms. The van der Waals surface area contributed by atoms with E-state index in [4.69, 9.17) is 18.9 Å². The number of rotatable bonds is 2. The van der Waals surface area contributed by atoms with Gasteiger partial charge in [-0.2, -0.15) is 0 Å². The van der Waals surface area contributed by atoms with Crippen molar-refractivity contribution in [1.82, 2.24) is 0 Å². The molecule has 4 aliphatic rings. The number of aliphatic hydroxyl groups is 2.